The van der Waals surface area contributed by atoms with Crippen LogP contribution < -0.4 is 0 Å². The number of thioether (sulfide) groups is 1. The molecule has 0 N–H and O–H groups in total. The minimum atomic E-state index is -0.597. The summed E-state index contributed by atoms with van der Waals surface area (Å²) in [7, 11) is 0. The first-order chi connectivity index (χ1) is 13.7. The zero-order valence-electron chi connectivity index (χ0n) is 16.6. The van der Waals surface area contributed by atoms with Crippen molar-refractivity contribution in [2.75, 3.05) is 6.54 Å². The number of amides is 2. The molecule has 0 aliphatic carbocycles. The van der Waals surface area contributed by atoms with E-state index in [0.717, 1.165) is 42.9 Å². The van der Waals surface area contributed by atoms with E-state index in [1.54, 1.807) is 19.9 Å². The van der Waals surface area contributed by atoms with Crippen molar-refractivity contribution in [1.82, 2.24) is 9.47 Å². The number of hydrogen-bond donors (Lipinski definition) is 0. The minimum Gasteiger partial charge on any atom is -0.462 e. The van der Waals surface area contributed by atoms with Crippen LogP contribution in [0, 0.1) is 17.4 Å². The van der Waals surface area contributed by atoms with Crippen LogP contribution in [0.25, 0.3) is 11.8 Å². The average molecular weight is 524 g/mol. The smallest absolute Gasteiger partial charge is 0.326 e. The first kappa shape index (κ1) is 21.6. The van der Waals surface area contributed by atoms with E-state index in [1.807, 2.05) is 44.2 Å². The van der Waals surface area contributed by atoms with Crippen molar-refractivity contribution in [1.29, 1.82) is 0 Å². The van der Waals surface area contributed by atoms with Crippen LogP contribution in [0.3, 0.4) is 0 Å². The monoisotopic (exact) mass is 524 g/mol. The zero-order chi connectivity index (χ0) is 21.3. The number of benzene rings is 1. The number of aromatic nitrogens is 1. The second-order valence-electron chi connectivity index (χ2n) is 6.94. The largest absolute Gasteiger partial charge is 0.462 e. The van der Waals surface area contributed by atoms with Crippen LogP contribution in [-0.2, 0) is 14.3 Å². The number of halogens is 1. The predicted octanol–water partition coefficient (Wildman–Crippen LogP) is 4.69. The number of carbonyl (C=O) groups excluding carboxylic acids is 3. The summed E-state index contributed by atoms with van der Waals surface area (Å²) in [5.74, 6) is -1.07. The number of esters is 1. The van der Waals surface area contributed by atoms with Gasteiger partial charge >= 0.3 is 5.97 Å². The summed E-state index contributed by atoms with van der Waals surface area (Å²) in [6.07, 6.45) is 1.41. The number of aryl methyl sites for hydroxylation is 1. The van der Waals surface area contributed by atoms with Gasteiger partial charge in [-0.15, -0.1) is 0 Å². The molecule has 2 aromatic rings. The Kier molecular flexibility index (Phi) is 6.52. The molecule has 8 heteroatoms. The summed E-state index contributed by atoms with van der Waals surface area (Å²) in [5, 5.41) is -0.464. The quantitative estimate of drug-likeness (QED) is 0.323. The molecule has 1 fully saturated rings. The van der Waals surface area contributed by atoms with E-state index in [1.165, 1.54) is 0 Å². The van der Waals surface area contributed by atoms with E-state index in [-0.39, 0.29) is 12.6 Å². The van der Waals surface area contributed by atoms with Crippen molar-refractivity contribution < 1.29 is 19.1 Å². The lowest BCUT2D eigenvalue weighted by molar-refractivity contribution is -0.149. The molecule has 1 aliphatic heterocycles. The van der Waals surface area contributed by atoms with Crippen molar-refractivity contribution in [3.63, 3.8) is 0 Å². The van der Waals surface area contributed by atoms with Crippen molar-refractivity contribution in [3.8, 4) is 5.69 Å². The molecule has 3 rings (SSSR count). The third-order valence-corrected chi connectivity index (χ3v) is 6.00. The molecule has 0 saturated carbocycles. The normalized spacial score (nSPS) is 15.7. The van der Waals surface area contributed by atoms with Gasteiger partial charge in [0.15, 0.2) is 0 Å². The van der Waals surface area contributed by atoms with Gasteiger partial charge in [0.1, 0.15) is 6.54 Å². The maximum Gasteiger partial charge on any atom is 0.326 e. The van der Waals surface area contributed by atoms with Gasteiger partial charge in [-0.2, -0.15) is 0 Å². The Morgan fingerprint density at radius 1 is 1.21 bits per heavy atom. The Bertz CT molecular complexity index is 1010. The van der Waals surface area contributed by atoms with Crippen molar-refractivity contribution in [3.05, 3.63) is 55.8 Å². The number of imide groups is 1. The second-order valence-corrected chi connectivity index (χ2v) is 9.18. The van der Waals surface area contributed by atoms with Crippen molar-refractivity contribution in [2.45, 2.75) is 33.8 Å². The van der Waals surface area contributed by atoms with Gasteiger partial charge < -0.3 is 9.30 Å². The van der Waals surface area contributed by atoms with Crippen LogP contribution in [0.2, 0.25) is 0 Å². The Labute approximate surface area is 187 Å². The van der Waals surface area contributed by atoms with Crippen LogP contribution in [0.4, 0.5) is 4.79 Å². The van der Waals surface area contributed by atoms with Crippen LogP contribution in [0.1, 0.15) is 30.8 Å². The van der Waals surface area contributed by atoms with Crippen molar-refractivity contribution in [2.24, 2.45) is 0 Å². The highest BCUT2D eigenvalue weighted by Crippen LogP contribution is 2.33. The number of hydrogen-bond acceptors (Lipinski definition) is 5. The topological polar surface area (TPSA) is 68.6 Å². The molecule has 0 atom stereocenters. The van der Waals surface area contributed by atoms with E-state index in [4.69, 9.17) is 4.74 Å². The Morgan fingerprint density at radius 2 is 1.86 bits per heavy atom. The lowest BCUT2D eigenvalue weighted by atomic mass is 10.2. The molecule has 1 aromatic carbocycles. The molecule has 6 nitrogen and oxygen atoms in total. The van der Waals surface area contributed by atoms with Gasteiger partial charge in [-0.3, -0.25) is 19.3 Å². The van der Waals surface area contributed by atoms with E-state index < -0.39 is 17.1 Å². The fourth-order valence-corrected chi connectivity index (χ4v) is 4.32. The third-order valence-electron chi connectivity index (χ3n) is 4.37. The molecule has 2 heterocycles. The zero-order valence-corrected chi connectivity index (χ0v) is 19.5. The first-order valence-corrected chi connectivity index (χ1v) is 11.0. The molecule has 1 aliphatic rings. The minimum absolute atomic E-state index is 0.301. The maximum atomic E-state index is 12.7. The summed E-state index contributed by atoms with van der Waals surface area (Å²) >= 11 is 3.10. The van der Waals surface area contributed by atoms with Crippen LogP contribution >= 0.6 is 34.4 Å². The molecule has 1 saturated heterocycles. The summed E-state index contributed by atoms with van der Waals surface area (Å²) in [5.41, 5.74) is 3.88. The van der Waals surface area contributed by atoms with Gasteiger partial charge in [-0.1, -0.05) is 0 Å². The highest BCUT2D eigenvalue weighted by atomic mass is 127. The lowest BCUT2D eigenvalue weighted by Gasteiger charge is -2.13. The van der Waals surface area contributed by atoms with Gasteiger partial charge in [0.2, 0.25) is 0 Å². The van der Waals surface area contributed by atoms with Crippen molar-refractivity contribution >= 4 is 57.5 Å². The Morgan fingerprint density at radius 3 is 2.48 bits per heavy atom. The van der Waals surface area contributed by atoms with Gasteiger partial charge in [0, 0.05) is 20.6 Å². The van der Waals surface area contributed by atoms with E-state index in [0.29, 0.717) is 4.91 Å². The molecular weight excluding hydrogens is 503 g/mol. The molecule has 0 unspecified atom stereocenters. The predicted molar refractivity (Wildman–Crippen MR) is 122 cm³/mol. The first-order valence-electron chi connectivity index (χ1n) is 9.07. The molecule has 1 aromatic heterocycles. The summed E-state index contributed by atoms with van der Waals surface area (Å²) < 4.78 is 8.30. The summed E-state index contributed by atoms with van der Waals surface area (Å²) in [6, 6.07) is 10.1. The fraction of sp³-hybridized carbons (Fsp3) is 0.286. The maximum absolute atomic E-state index is 12.7. The lowest BCUT2D eigenvalue weighted by Crippen LogP contribution is -2.35. The standard InChI is InChI=1S/C21H21IN2O4S/c1-12(2)28-19(25)11-23-20(26)18(29-21(23)27)10-15-9-13(3)24(14(15)4)17-7-5-16(22)6-8-17/h5-10,12H,11H2,1-4H3/b18-10-. The molecule has 2 amide bonds. The number of rotatable bonds is 5. The van der Waals surface area contributed by atoms with Gasteiger partial charge in [-0.25, -0.2) is 0 Å². The molecule has 0 spiro atoms. The molecule has 0 radical (unpaired) electrons. The summed E-state index contributed by atoms with van der Waals surface area (Å²) in [4.78, 5) is 38.0. The molecule has 0 bridgehead atoms. The molecular formula is C21H21IN2O4S. The summed E-state index contributed by atoms with van der Waals surface area (Å²) in [6.45, 7) is 7.03. The fourth-order valence-electron chi connectivity index (χ4n) is 3.13. The van der Waals surface area contributed by atoms with E-state index in [9.17, 15) is 14.4 Å². The Balaban J connectivity index is 1.86. The Hall–Kier alpha value is -2.07. The van der Waals surface area contributed by atoms with Gasteiger partial charge in [-0.05, 0) is 104 Å². The number of ether oxygens (including phenoxy) is 1. The highest BCUT2D eigenvalue weighted by Gasteiger charge is 2.37. The van der Waals surface area contributed by atoms with Gasteiger partial charge in [0.25, 0.3) is 11.1 Å². The molecule has 29 heavy (non-hydrogen) atoms. The molecule has 152 valence electrons. The van der Waals surface area contributed by atoms with Gasteiger partial charge in [0.05, 0.1) is 11.0 Å². The van der Waals surface area contributed by atoms with Crippen LogP contribution in [0.15, 0.2) is 35.2 Å². The SMILES string of the molecule is Cc1cc(/C=C2\SC(=O)N(CC(=O)OC(C)C)C2=O)c(C)n1-c1ccc(I)cc1. The number of nitrogens with zero attached hydrogens (tertiary/aromatic N) is 2. The van der Waals surface area contributed by atoms with Crippen LogP contribution in [0.5, 0.6) is 0 Å². The number of carbonyl (C=O) groups is 3. The van der Waals surface area contributed by atoms with E-state index in [2.05, 4.69) is 27.2 Å². The third kappa shape index (κ3) is 4.75. The second kappa shape index (κ2) is 8.74. The van der Waals surface area contributed by atoms with E-state index >= 15 is 0 Å². The average Bonchev–Trinajstić information content (AvgIpc) is 3.05. The highest BCUT2D eigenvalue weighted by molar-refractivity contribution is 14.1. The van der Waals surface area contributed by atoms with Crippen LogP contribution in [-0.4, -0.2) is 39.2 Å².